The van der Waals surface area contributed by atoms with Crippen LogP contribution in [0.3, 0.4) is 0 Å². The second-order valence-corrected chi connectivity index (χ2v) is 5.76. The third kappa shape index (κ3) is 3.73. The van der Waals surface area contributed by atoms with Crippen LogP contribution in [0.1, 0.15) is 24.7 Å². The Morgan fingerprint density at radius 3 is 2.55 bits per heavy atom. The van der Waals surface area contributed by atoms with Crippen LogP contribution in [0.5, 0.6) is 0 Å². The zero-order valence-corrected chi connectivity index (χ0v) is 13.2. The second kappa shape index (κ2) is 7.41. The van der Waals surface area contributed by atoms with Gasteiger partial charge < -0.3 is 5.11 Å². The Morgan fingerprint density at radius 2 is 1.90 bits per heavy atom. The van der Waals surface area contributed by atoms with Crippen LogP contribution in [0.15, 0.2) is 0 Å². The minimum absolute atomic E-state index is 0.243. The van der Waals surface area contributed by atoms with E-state index in [-0.39, 0.29) is 6.61 Å². The molecule has 1 N–H and O–H groups in total. The number of rotatable bonds is 5. The van der Waals surface area contributed by atoms with E-state index in [1.807, 2.05) is 11.7 Å². The first kappa shape index (κ1) is 15.8. The van der Waals surface area contributed by atoms with E-state index in [9.17, 15) is 0 Å². The third-order valence-electron chi connectivity index (χ3n) is 3.97. The van der Waals surface area contributed by atoms with Crippen LogP contribution >= 0.6 is 11.6 Å². The summed E-state index contributed by atoms with van der Waals surface area (Å²) in [5.74, 6) is 0. The largest absolute Gasteiger partial charge is 0.395 e. The summed E-state index contributed by atoms with van der Waals surface area (Å²) in [6.45, 7) is 8.13. The van der Waals surface area contributed by atoms with Gasteiger partial charge in [0.1, 0.15) is 0 Å². The van der Waals surface area contributed by atoms with Crippen molar-refractivity contribution in [3.63, 3.8) is 0 Å². The van der Waals surface area contributed by atoms with Crippen molar-refractivity contribution in [2.75, 3.05) is 39.3 Å². The molecule has 5 nitrogen and oxygen atoms in total. The summed E-state index contributed by atoms with van der Waals surface area (Å²) in [5.41, 5.74) is 2.10. The first-order valence-corrected chi connectivity index (χ1v) is 7.79. The average molecular weight is 301 g/mol. The Bertz CT molecular complexity index is 435. The second-order valence-electron chi connectivity index (χ2n) is 5.38. The molecule has 0 spiro atoms. The van der Waals surface area contributed by atoms with E-state index in [1.54, 1.807) is 0 Å². The van der Waals surface area contributed by atoms with Crippen molar-refractivity contribution in [1.82, 2.24) is 19.6 Å². The van der Waals surface area contributed by atoms with Crippen LogP contribution in [0.2, 0.25) is 5.02 Å². The summed E-state index contributed by atoms with van der Waals surface area (Å²) in [4.78, 5) is 4.75. The lowest BCUT2D eigenvalue weighted by Crippen LogP contribution is -2.32. The Morgan fingerprint density at radius 1 is 1.20 bits per heavy atom. The number of hydrogen-bond acceptors (Lipinski definition) is 4. The topological polar surface area (TPSA) is 44.5 Å². The lowest BCUT2D eigenvalue weighted by atomic mass is 10.3. The predicted octanol–water partition coefficient (Wildman–Crippen LogP) is 1.14. The van der Waals surface area contributed by atoms with Crippen molar-refractivity contribution in [3.05, 3.63) is 16.4 Å². The molecule has 0 saturated carbocycles. The van der Waals surface area contributed by atoms with Crippen molar-refractivity contribution in [2.24, 2.45) is 7.05 Å². The molecule has 2 heterocycles. The zero-order valence-electron chi connectivity index (χ0n) is 12.5. The summed E-state index contributed by atoms with van der Waals surface area (Å²) in [5, 5.41) is 14.3. The molecule has 0 aliphatic carbocycles. The van der Waals surface area contributed by atoms with Crippen molar-refractivity contribution in [3.8, 4) is 0 Å². The number of aliphatic hydroxyl groups excluding tert-OH is 1. The summed E-state index contributed by atoms with van der Waals surface area (Å²) < 4.78 is 1.91. The van der Waals surface area contributed by atoms with Crippen LogP contribution in [-0.2, 0) is 20.0 Å². The van der Waals surface area contributed by atoms with Gasteiger partial charge in [0.2, 0.25) is 0 Å². The fourth-order valence-corrected chi connectivity index (χ4v) is 3.10. The highest BCUT2D eigenvalue weighted by atomic mass is 35.5. The molecule has 1 aromatic rings. The molecule has 1 aromatic heterocycles. The van der Waals surface area contributed by atoms with Crippen LogP contribution in [-0.4, -0.2) is 64.0 Å². The van der Waals surface area contributed by atoms with Gasteiger partial charge in [-0.1, -0.05) is 18.5 Å². The highest BCUT2D eigenvalue weighted by molar-refractivity contribution is 6.31. The molecule has 20 heavy (non-hydrogen) atoms. The molecule has 0 atom stereocenters. The molecule has 1 fully saturated rings. The summed E-state index contributed by atoms with van der Waals surface area (Å²) in [6, 6.07) is 0. The highest BCUT2D eigenvalue weighted by Crippen LogP contribution is 2.22. The Kier molecular flexibility index (Phi) is 5.84. The molecule has 0 aromatic carbocycles. The van der Waals surface area contributed by atoms with Crippen molar-refractivity contribution >= 4 is 11.6 Å². The number of hydrogen-bond donors (Lipinski definition) is 1. The molecule has 1 saturated heterocycles. The molecule has 0 bridgehead atoms. The van der Waals surface area contributed by atoms with Gasteiger partial charge in [-0.2, -0.15) is 5.10 Å². The zero-order chi connectivity index (χ0) is 14.5. The van der Waals surface area contributed by atoms with Crippen LogP contribution in [0, 0.1) is 0 Å². The molecule has 0 unspecified atom stereocenters. The third-order valence-corrected chi connectivity index (χ3v) is 4.41. The monoisotopic (exact) mass is 300 g/mol. The average Bonchev–Trinajstić information content (AvgIpc) is 2.61. The highest BCUT2D eigenvalue weighted by Gasteiger charge is 2.19. The van der Waals surface area contributed by atoms with Gasteiger partial charge in [-0.15, -0.1) is 0 Å². The molecule has 0 amide bonds. The van der Waals surface area contributed by atoms with Crippen LogP contribution in [0.25, 0.3) is 0 Å². The summed E-state index contributed by atoms with van der Waals surface area (Å²) in [6.07, 6.45) is 2.01. The molecule has 2 rings (SSSR count). The minimum atomic E-state index is 0.243. The van der Waals surface area contributed by atoms with Gasteiger partial charge in [0.25, 0.3) is 0 Å². The quantitative estimate of drug-likeness (QED) is 0.886. The minimum Gasteiger partial charge on any atom is -0.395 e. The number of aromatic nitrogens is 2. The van der Waals surface area contributed by atoms with Gasteiger partial charge in [-0.25, -0.2) is 0 Å². The molecular weight excluding hydrogens is 276 g/mol. The lowest BCUT2D eigenvalue weighted by molar-refractivity contribution is 0.195. The number of halogens is 1. The maximum Gasteiger partial charge on any atom is 0.0863 e. The van der Waals surface area contributed by atoms with Gasteiger partial charge >= 0.3 is 0 Å². The number of aliphatic hydroxyl groups is 1. The van der Waals surface area contributed by atoms with E-state index in [2.05, 4.69) is 21.8 Å². The Hall–Kier alpha value is -0.620. The van der Waals surface area contributed by atoms with E-state index in [4.69, 9.17) is 16.7 Å². The van der Waals surface area contributed by atoms with E-state index in [0.29, 0.717) is 0 Å². The van der Waals surface area contributed by atoms with Gasteiger partial charge in [-0.05, 0) is 25.9 Å². The molecule has 114 valence electrons. The molecule has 0 radical (unpaired) electrons. The van der Waals surface area contributed by atoms with Gasteiger partial charge in [0, 0.05) is 33.2 Å². The van der Waals surface area contributed by atoms with Crippen LogP contribution in [0.4, 0.5) is 0 Å². The van der Waals surface area contributed by atoms with E-state index < -0.39 is 0 Å². The Labute approximate surface area is 126 Å². The van der Waals surface area contributed by atoms with E-state index in [0.717, 1.165) is 68.5 Å². The summed E-state index contributed by atoms with van der Waals surface area (Å²) >= 11 is 6.41. The number of β-amino-alcohol motifs (C(OH)–C–C–N with tert-alkyl or cyclic N) is 1. The van der Waals surface area contributed by atoms with Crippen molar-refractivity contribution < 1.29 is 5.11 Å². The lowest BCUT2D eigenvalue weighted by Gasteiger charge is -2.21. The maximum atomic E-state index is 9.03. The van der Waals surface area contributed by atoms with Crippen LogP contribution < -0.4 is 0 Å². The normalized spacial score (nSPS) is 18.4. The fraction of sp³-hybridized carbons (Fsp3) is 0.786. The maximum absolute atomic E-state index is 9.03. The summed E-state index contributed by atoms with van der Waals surface area (Å²) in [7, 11) is 1.97. The van der Waals surface area contributed by atoms with Gasteiger partial charge in [0.05, 0.1) is 23.0 Å². The first-order chi connectivity index (χ1) is 9.65. The number of aryl methyl sites for hydroxylation is 2. The standard InChI is InChI=1S/C14H25ClN4O/c1-3-12-14(15)13(17(2)16-12)11-19-6-4-5-18(7-8-19)9-10-20/h20H,3-11H2,1-2H3. The molecular formula is C14H25ClN4O. The smallest absolute Gasteiger partial charge is 0.0863 e. The van der Waals surface area contributed by atoms with Crippen molar-refractivity contribution in [1.29, 1.82) is 0 Å². The Balaban J connectivity index is 1.98. The SMILES string of the molecule is CCc1nn(C)c(CN2CCCN(CCO)CC2)c1Cl. The first-order valence-electron chi connectivity index (χ1n) is 7.41. The predicted molar refractivity (Wildman–Crippen MR) is 81.0 cm³/mol. The van der Waals surface area contributed by atoms with Gasteiger partial charge in [0.15, 0.2) is 0 Å². The van der Waals surface area contributed by atoms with E-state index in [1.165, 1.54) is 0 Å². The van der Waals surface area contributed by atoms with Crippen molar-refractivity contribution in [2.45, 2.75) is 26.3 Å². The molecule has 1 aliphatic heterocycles. The fourth-order valence-electron chi connectivity index (χ4n) is 2.75. The molecule has 6 heteroatoms. The van der Waals surface area contributed by atoms with E-state index >= 15 is 0 Å². The molecule has 1 aliphatic rings. The number of nitrogens with zero attached hydrogens (tertiary/aromatic N) is 4. The van der Waals surface area contributed by atoms with Gasteiger partial charge in [-0.3, -0.25) is 14.5 Å².